The lowest BCUT2D eigenvalue weighted by atomic mass is 9.75. The van der Waals surface area contributed by atoms with Crippen molar-refractivity contribution < 1.29 is 36.7 Å². The summed E-state index contributed by atoms with van der Waals surface area (Å²) in [4.78, 5) is 11.8. The SMILES string of the molecule is CCOC(=O)CCCOc1ccc(B2OCC(C)(C)CO2)cc1-c1cc(-c2ccccc2C(F)(F)F)n(-c2ccccc2)n1. The smallest absolute Gasteiger partial charge is 0.493 e. The molecule has 44 heavy (non-hydrogen) atoms. The number of nitrogens with zero attached hydrogens (tertiary/aromatic N) is 2. The van der Waals surface area contributed by atoms with Gasteiger partial charge in [0.1, 0.15) is 5.75 Å². The fourth-order valence-corrected chi connectivity index (χ4v) is 4.96. The number of ether oxygens (including phenoxy) is 2. The number of alkyl halides is 3. The first kappa shape index (κ1) is 31.3. The van der Waals surface area contributed by atoms with Crippen LogP contribution in [-0.4, -0.2) is 49.3 Å². The van der Waals surface area contributed by atoms with E-state index < -0.39 is 18.9 Å². The molecule has 1 aliphatic rings. The van der Waals surface area contributed by atoms with Crippen LogP contribution in [-0.2, 0) is 25.0 Å². The number of halogens is 3. The van der Waals surface area contributed by atoms with Crippen LogP contribution >= 0.6 is 0 Å². The first-order chi connectivity index (χ1) is 21.1. The summed E-state index contributed by atoms with van der Waals surface area (Å²) >= 11 is 0. The van der Waals surface area contributed by atoms with E-state index in [0.717, 1.165) is 11.5 Å². The fraction of sp³-hybridized carbons (Fsp3) is 0.333. The van der Waals surface area contributed by atoms with Crippen molar-refractivity contribution in [3.63, 3.8) is 0 Å². The van der Waals surface area contributed by atoms with Gasteiger partial charge in [-0.15, -0.1) is 0 Å². The van der Waals surface area contributed by atoms with Crippen molar-refractivity contribution >= 4 is 18.6 Å². The number of carbonyl (C=O) groups is 1. The monoisotopic (exact) mass is 606 g/mol. The van der Waals surface area contributed by atoms with Gasteiger partial charge >= 0.3 is 19.3 Å². The van der Waals surface area contributed by atoms with Gasteiger partial charge < -0.3 is 18.8 Å². The maximum Gasteiger partial charge on any atom is 0.493 e. The van der Waals surface area contributed by atoms with Gasteiger partial charge in [0.05, 0.1) is 35.9 Å². The maximum absolute atomic E-state index is 14.1. The van der Waals surface area contributed by atoms with E-state index >= 15 is 0 Å². The molecule has 0 bridgehead atoms. The van der Waals surface area contributed by atoms with Crippen LogP contribution in [0.2, 0.25) is 0 Å². The lowest BCUT2D eigenvalue weighted by Gasteiger charge is -2.33. The van der Waals surface area contributed by atoms with Crippen molar-refractivity contribution in [3.05, 3.63) is 84.4 Å². The van der Waals surface area contributed by atoms with E-state index in [4.69, 9.17) is 23.9 Å². The van der Waals surface area contributed by atoms with Crippen LogP contribution in [0.25, 0.3) is 28.2 Å². The normalized spacial score (nSPS) is 14.8. The van der Waals surface area contributed by atoms with Crippen LogP contribution in [0, 0.1) is 5.41 Å². The van der Waals surface area contributed by atoms with Gasteiger partial charge in [-0.25, -0.2) is 4.68 Å². The van der Waals surface area contributed by atoms with Crippen molar-refractivity contribution in [2.45, 2.75) is 39.8 Å². The number of hydrogen-bond acceptors (Lipinski definition) is 6. The Bertz CT molecular complexity index is 1580. The van der Waals surface area contributed by atoms with Crippen LogP contribution < -0.4 is 10.2 Å². The third-order valence-electron chi connectivity index (χ3n) is 7.11. The number of hydrogen-bond donors (Lipinski definition) is 0. The number of carbonyl (C=O) groups excluding carboxylic acids is 1. The molecule has 1 fully saturated rings. The zero-order valence-corrected chi connectivity index (χ0v) is 24.9. The maximum atomic E-state index is 14.1. The summed E-state index contributed by atoms with van der Waals surface area (Å²) in [6.45, 7) is 7.38. The summed E-state index contributed by atoms with van der Waals surface area (Å²) in [5.74, 6) is 0.151. The van der Waals surface area contributed by atoms with Gasteiger partial charge in [0, 0.05) is 36.2 Å². The number of para-hydroxylation sites is 1. The Morgan fingerprint density at radius 2 is 1.68 bits per heavy atom. The molecule has 0 radical (unpaired) electrons. The summed E-state index contributed by atoms with van der Waals surface area (Å²) in [7, 11) is -0.624. The summed E-state index contributed by atoms with van der Waals surface area (Å²) in [5, 5.41) is 4.81. The summed E-state index contributed by atoms with van der Waals surface area (Å²) in [6.07, 6.45) is -3.95. The van der Waals surface area contributed by atoms with E-state index in [2.05, 4.69) is 13.8 Å². The molecule has 0 N–H and O–H groups in total. The van der Waals surface area contributed by atoms with Gasteiger partial charge in [-0.2, -0.15) is 18.3 Å². The largest absolute Gasteiger partial charge is 0.493 e. The Balaban J connectivity index is 1.58. The average molecular weight is 606 g/mol. The van der Waals surface area contributed by atoms with E-state index in [1.807, 2.05) is 18.2 Å². The minimum Gasteiger partial charge on any atom is -0.493 e. The molecule has 3 aromatic carbocycles. The van der Waals surface area contributed by atoms with Gasteiger partial charge in [-0.05, 0) is 55.2 Å². The number of aromatic nitrogens is 2. The third kappa shape index (κ3) is 7.34. The van der Waals surface area contributed by atoms with Crippen molar-refractivity contribution in [2.75, 3.05) is 26.4 Å². The molecule has 0 aliphatic carbocycles. The second kappa shape index (κ2) is 13.3. The van der Waals surface area contributed by atoms with E-state index in [1.54, 1.807) is 49.4 Å². The summed E-state index contributed by atoms with van der Waals surface area (Å²) in [6, 6.07) is 21.5. The van der Waals surface area contributed by atoms with Crippen molar-refractivity contribution in [3.8, 4) is 34.0 Å². The lowest BCUT2D eigenvalue weighted by Crippen LogP contribution is -2.47. The summed E-state index contributed by atoms with van der Waals surface area (Å²) in [5.41, 5.74) is 1.65. The van der Waals surface area contributed by atoms with Gasteiger partial charge in [-0.1, -0.05) is 56.3 Å². The molecule has 1 aromatic heterocycles. The Kier molecular flexibility index (Phi) is 9.46. The Morgan fingerprint density at radius 1 is 0.977 bits per heavy atom. The van der Waals surface area contributed by atoms with E-state index in [1.165, 1.54) is 16.8 Å². The van der Waals surface area contributed by atoms with E-state index in [-0.39, 0.29) is 35.7 Å². The van der Waals surface area contributed by atoms with Crippen molar-refractivity contribution in [2.24, 2.45) is 5.41 Å². The molecule has 0 unspecified atom stereocenters. The number of esters is 1. The zero-order valence-electron chi connectivity index (χ0n) is 24.9. The highest BCUT2D eigenvalue weighted by Crippen LogP contribution is 2.40. The van der Waals surface area contributed by atoms with Gasteiger partial charge in [0.2, 0.25) is 0 Å². The molecule has 4 aromatic rings. The topological polar surface area (TPSA) is 71.8 Å². The highest BCUT2D eigenvalue weighted by molar-refractivity contribution is 6.61. The molecule has 5 rings (SSSR count). The molecule has 2 heterocycles. The predicted octanol–water partition coefficient (Wildman–Crippen LogP) is 6.72. The van der Waals surface area contributed by atoms with E-state index in [9.17, 15) is 18.0 Å². The van der Waals surface area contributed by atoms with Gasteiger partial charge in [0.15, 0.2) is 0 Å². The second-order valence-electron chi connectivity index (χ2n) is 11.3. The van der Waals surface area contributed by atoms with Crippen molar-refractivity contribution in [1.29, 1.82) is 0 Å². The van der Waals surface area contributed by atoms with Crippen LogP contribution in [0.4, 0.5) is 13.2 Å². The molecule has 11 heteroatoms. The van der Waals surface area contributed by atoms with E-state index in [0.29, 0.717) is 48.9 Å². The Morgan fingerprint density at radius 3 is 2.39 bits per heavy atom. The molecule has 7 nitrogen and oxygen atoms in total. The average Bonchev–Trinajstić information content (AvgIpc) is 3.45. The third-order valence-corrected chi connectivity index (χ3v) is 7.11. The first-order valence-electron chi connectivity index (χ1n) is 14.5. The van der Waals surface area contributed by atoms with Gasteiger partial charge in [0.25, 0.3) is 0 Å². The molecule has 0 amide bonds. The Labute approximate surface area is 255 Å². The first-order valence-corrected chi connectivity index (χ1v) is 14.5. The minimum absolute atomic E-state index is 0.00292. The molecule has 1 saturated heterocycles. The molecule has 0 atom stereocenters. The van der Waals surface area contributed by atoms with Gasteiger partial charge in [-0.3, -0.25) is 4.79 Å². The molecular weight excluding hydrogens is 572 g/mol. The quantitative estimate of drug-likeness (QED) is 0.114. The standard InChI is InChI=1S/C33H34BF3N2O5/c1-4-41-31(40)15-10-18-42-30-17-16-23(34-43-21-32(2,3)22-44-34)19-26(30)28-20-29(39(38-28)24-11-6-5-7-12-24)25-13-8-9-14-27(25)33(35,36)37/h5-9,11-14,16-17,19-20H,4,10,15,18,21-22H2,1-3H3. The number of rotatable bonds is 10. The predicted molar refractivity (Wildman–Crippen MR) is 162 cm³/mol. The number of benzene rings is 3. The molecular formula is C33H34BF3N2O5. The van der Waals surface area contributed by atoms with Crippen LogP contribution in [0.1, 0.15) is 39.2 Å². The van der Waals surface area contributed by atoms with Crippen LogP contribution in [0.3, 0.4) is 0 Å². The fourth-order valence-electron chi connectivity index (χ4n) is 4.96. The lowest BCUT2D eigenvalue weighted by molar-refractivity contribution is -0.143. The summed E-state index contributed by atoms with van der Waals surface area (Å²) < 4.78 is 67.1. The second-order valence-corrected chi connectivity index (χ2v) is 11.3. The van der Waals surface area contributed by atoms with Crippen LogP contribution in [0.5, 0.6) is 5.75 Å². The minimum atomic E-state index is -4.57. The highest BCUT2D eigenvalue weighted by Gasteiger charge is 2.36. The Hall–Kier alpha value is -4.09. The zero-order chi connectivity index (χ0) is 31.3. The molecule has 0 spiro atoms. The highest BCUT2D eigenvalue weighted by atomic mass is 19.4. The molecule has 1 aliphatic heterocycles. The molecule has 0 saturated carbocycles. The van der Waals surface area contributed by atoms with Crippen LogP contribution in [0.15, 0.2) is 78.9 Å². The van der Waals surface area contributed by atoms with Crippen molar-refractivity contribution in [1.82, 2.24) is 9.78 Å². The molecule has 230 valence electrons.